The van der Waals surface area contributed by atoms with Gasteiger partial charge in [-0.1, -0.05) is 19.1 Å². The molecule has 0 aliphatic carbocycles. The molecule has 0 aliphatic heterocycles. The van der Waals surface area contributed by atoms with Crippen molar-refractivity contribution in [2.24, 2.45) is 0 Å². The molecule has 0 radical (unpaired) electrons. The number of thioether (sulfide) groups is 1. The molecule has 1 aromatic carbocycles. The Balaban J connectivity index is 1.84. The Morgan fingerprint density at radius 1 is 1.10 bits per heavy atom. The van der Waals surface area contributed by atoms with Gasteiger partial charge in [-0.05, 0) is 52.9 Å². The average molecular weight is 331 g/mol. The van der Waals surface area contributed by atoms with Crippen molar-refractivity contribution in [1.29, 1.82) is 0 Å². The minimum atomic E-state index is -4.23. The van der Waals surface area contributed by atoms with E-state index in [-0.39, 0.29) is 16.7 Å². The van der Waals surface area contributed by atoms with Gasteiger partial charge >= 0.3 is 5.51 Å². The van der Waals surface area contributed by atoms with Crippen molar-refractivity contribution in [2.75, 3.05) is 0 Å². The fourth-order valence-electron chi connectivity index (χ4n) is 1.97. The van der Waals surface area contributed by atoms with Crippen LogP contribution in [-0.2, 0) is 19.5 Å². The van der Waals surface area contributed by atoms with Gasteiger partial charge in [0, 0.05) is 22.9 Å². The van der Waals surface area contributed by atoms with Crippen LogP contribution in [0.25, 0.3) is 0 Å². The molecule has 0 saturated heterocycles. The first-order valence-corrected chi connectivity index (χ1v) is 8.28. The molecule has 2 rings (SSSR count). The van der Waals surface area contributed by atoms with Gasteiger partial charge in [0.1, 0.15) is 0 Å². The van der Waals surface area contributed by atoms with Crippen molar-refractivity contribution < 1.29 is 13.2 Å². The van der Waals surface area contributed by atoms with E-state index < -0.39 is 5.51 Å². The maximum Gasteiger partial charge on any atom is 0.446 e. The Kier molecular flexibility index (Phi) is 5.72. The molecule has 0 spiro atoms. The number of hydrogen-bond acceptors (Lipinski definition) is 3. The molecule has 1 nitrogen and oxygen atoms in total. The summed E-state index contributed by atoms with van der Waals surface area (Å²) in [6.45, 7) is 3.57. The molecule has 0 bridgehead atoms. The van der Waals surface area contributed by atoms with E-state index in [1.807, 2.05) is 0 Å². The molecular weight excluding hydrogens is 315 g/mol. The van der Waals surface area contributed by atoms with Crippen LogP contribution < -0.4 is 5.32 Å². The molecule has 0 atom stereocenters. The van der Waals surface area contributed by atoms with Crippen LogP contribution in [0.2, 0.25) is 0 Å². The number of nitrogens with one attached hydrogen (secondary N) is 1. The summed E-state index contributed by atoms with van der Waals surface area (Å²) in [4.78, 5) is 1.54. The van der Waals surface area contributed by atoms with Gasteiger partial charge in [0.25, 0.3) is 0 Å². The maximum atomic E-state index is 12.2. The quantitative estimate of drug-likeness (QED) is 0.729. The van der Waals surface area contributed by atoms with Crippen LogP contribution in [0.4, 0.5) is 13.2 Å². The van der Waals surface area contributed by atoms with Crippen LogP contribution in [0.15, 0.2) is 40.6 Å². The van der Waals surface area contributed by atoms with Gasteiger partial charge in [-0.25, -0.2) is 0 Å². The first-order valence-electron chi connectivity index (χ1n) is 6.58. The second-order valence-electron chi connectivity index (χ2n) is 4.52. The van der Waals surface area contributed by atoms with Gasteiger partial charge in [0.2, 0.25) is 0 Å². The molecule has 1 N–H and O–H groups in total. The van der Waals surface area contributed by atoms with Gasteiger partial charge in [-0.15, -0.1) is 11.3 Å². The fraction of sp³-hybridized carbons (Fsp3) is 0.333. The van der Waals surface area contributed by atoms with E-state index in [9.17, 15) is 13.2 Å². The largest absolute Gasteiger partial charge is 0.446 e. The van der Waals surface area contributed by atoms with Crippen molar-refractivity contribution in [3.05, 3.63) is 51.7 Å². The summed E-state index contributed by atoms with van der Waals surface area (Å²) < 4.78 is 36.7. The van der Waals surface area contributed by atoms with Gasteiger partial charge in [-0.2, -0.15) is 13.2 Å². The highest BCUT2D eigenvalue weighted by Gasteiger charge is 2.28. The lowest BCUT2D eigenvalue weighted by Gasteiger charge is -2.08. The predicted octanol–water partition coefficient (Wildman–Crippen LogP) is 5.21. The van der Waals surface area contributed by atoms with Crippen LogP contribution in [0.1, 0.15) is 22.9 Å². The number of alkyl halides is 3. The van der Waals surface area contributed by atoms with E-state index >= 15 is 0 Å². The number of halogens is 3. The summed E-state index contributed by atoms with van der Waals surface area (Å²) >= 11 is 1.64. The van der Waals surface area contributed by atoms with E-state index in [4.69, 9.17) is 0 Å². The highest BCUT2D eigenvalue weighted by Crippen LogP contribution is 2.36. The normalized spacial score (nSPS) is 11.8. The summed E-state index contributed by atoms with van der Waals surface area (Å²) in [5, 5.41) is 5.41. The zero-order valence-corrected chi connectivity index (χ0v) is 13.2. The molecule has 1 heterocycles. The molecule has 1 aromatic heterocycles. The van der Waals surface area contributed by atoms with E-state index in [0.29, 0.717) is 6.54 Å². The summed E-state index contributed by atoms with van der Waals surface area (Å²) in [6.07, 6.45) is 1.02. The smallest absolute Gasteiger partial charge is 0.308 e. The van der Waals surface area contributed by atoms with Gasteiger partial charge in [-0.3, -0.25) is 0 Å². The van der Waals surface area contributed by atoms with Crippen LogP contribution in [-0.4, -0.2) is 5.51 Å². The molecule has 0 fully saturated rings. The Labute approximate surface area is 130 Å². The number of rotatable bonds is 6. The van der Waals surface area contributed by atoms with E-state index in [2.05, 4.69) is 23.7 Å². The zero-order valence-electron chi connectivity index (χ0n) is 11.5. The summed E-state index contributed by atoms with van der Waals surface area (Å²) in [5.41, 5.74) is -1.89. The van der Waals surface area contributed by atoms with Crippen molar-refractivity contribution in [3.8, 4) is 0 Å². The first-order chi connectivity index (χ1) is 9.98. The monoisotopic (exact) mass is 331 g/mol. The van der Waals surface area contributed by atoms with Crippen LogP contribution in [0.3, 0.4) is 0 Å². The van der Waals surface area contributed by atoms with Crippen LogP contribution in [0, 0.1) is 0 Å². The second kappa shape index (κ2) is 7.33. The first kappa shape index (κ1) is 16.4. The Morgan fingerprint density at radius 3 is 2.43 bits per heavy atom. The lowest BCUT2D eigenvalue weighted by molar-refractivity contribution is -0.0328. The topological polar surface area (TPSA) is 12.0 Å². The molecular formula is C15H16F3NS2. The van der Waals surface area contributed by atoms with Crippen molar-refractivity contribution in [2.45, 2.75) is 36.8 Å². The Bertz CT molecular complexity index is 561. The lowest BCUT2D eigenvalue weighted by Crippen LogP contribution is -2.12. The predicted molar refractivity (Wildman–Crippen MR) is 82.6 cm³/mol. The lowest BCUT2D eigenvalue weighted by atomic mass is 10.2. The molecule has 0 amide bonds. The van der Waals surface area contributed by atoms with Crippen LogP contribution >= 0.6 is 23.1 Å². The molecule has 2 aromatic rings. The van der Waals surface area contributed by atoms with Crippen molar-refractivity contribution >= 4 is 23.1 Å². The number of hydrogen-bond donors (Lipinski definition) is 1. The average Bonchev–Trinajstić information content (AvgIpc) is 2.86. The third-order valence-electron chi connectivity index (χ3n) is 2.99. The second-order valence-corrected chi connectivity index (χ2v) is 6.66. The summed E-state index contributed by atoms with van der Waals surface area (Å²) in [7, 11) is 0. The van der Waals surface area contributed by atoms with Gasteiger partial charge in [0.15, 0.2) is 0 Å². The number of thiophene rings is 1. The maximum absolute atomic E-state index is 12.2. The van der Waals surface area contributed by atoms with Crippen molar-refractivity contribution in [1.82, 2.24) is 5.32 Å². The van der Waals surface area contributed by atoms with Crippen molar-refractivity contribution in [3.63, 3.8) is 0 Å². The summed E-state index contributed by atoms with van der Waals surface area (Å²) in [5.74, 6) is 0. The Hall–Kier alpha value is -0.980. The van der Waals surface area contributed by atoms with Gasteiger partial charge < -0.3 is 5.32 Å². The standard InChI is InChI=1S/C15H16F3NS2/c1-2-12-7-8-20-14(12)10-19-9-11-3-5-13(6-4-11)21-15(16,17)18/h3-8,19H,2,9-10H2,1H3. The molecule has 0 aliphatic rings. The third-order valence-corrected chi connectivity index (χ3v) is 4.69. The van der Waals surface area contributed by atoms with E-state index in [0.717, 1.165) is 18.5 Å². The number of benzene rings is 1. The molecule has 21 heavy (non-hydrogen) atoms. The molecule has 0 unspecified atom stereocenters. The zero-order chi connectivity index (χ0) is 15.3. The van der Waals surface area contributed by atoms with E-state index in [1.165, 1.54) is 22.6 Å². The fourth-order valence-corrected chi connectivity index (χ4v) is 3.45. The minimum Gasteiger partial charge on any atom is -0.308 e. The van der Waals surface area contributed by atoms with Crippen LogP contribution in [0.5, 0.6) is 0 Å². The SMILES string of the molecule is CCc1ccsc1CNCc1ccc(SC(F)(F)F)cc1. The highest BCUT2D eigenvalue weighted by atomic mass is 32.2. The minimum absolute atomic E-state index is 0.0825. The summed E-state index contributed by atoms with van der Waals surface area (Å²) in [6, 6.07) is 8.62. The highest BCUT2D eigenvalue weighted by molar-refractivity contribution is 8.00. The molecule has 6 heteroatoms. The third kappa shape index (κ3) is 5.37. The Morgan fingerprint density at radius 2 is 1.81 bits per heavy atom. The van der Waals surface area contributed by atoms with E-state index in [1.54, 1.807) is 23.5 Å². The molecule has 0 saturated carbocycles. The number of aryl methyl sites for hydroxylation is 1. The van der Waals surface area contributed by atoms with Gasteiger partial charge in [0.05, 0.1) is 0 Å². The molecule has 114 valence electrons.